The zero-order valence-electron chi connectivity index (χ0n) is 11.0. The number of carboxylic acids is 1. The van der Waals surface area contributed by atoms with Crippen LogP contribution in [0.15, 0.2) is 22.7 Å². The summed E-state index contributed by atoms with van der Waals surface area (Å²) < 4.78 is 0.819. The van der Waals surface area contributed by atoms with E-state index in [1.165, 1.54) is 0 Å². The number of amides is 1. The van der Waals surface area contributed by atoms with Crippen LogP contribution >= 0.6 is 15.9 Å². The standard InChI is InChI=1S/C13H14BrN3O3/c1-6(2)10(13(19)20)15-12(18)11-8-5-7(14)3-4-9(8)16-17-11/h3-6,10H,1-2H3,(H,15,18)(H,16,17)(H,19,20)/t10-/m0/s1. The number of H-pyrrole nitrogens is 1. The van der Waals surface area contributed by atoms with Crippen LogP contribution in [-0.2, 0) is 4.79 Å². The van der Waals surface area contributed by atoms with Crippen LogP contribution in [-0.4, -0.2) is 33.2 Å². The van der Waals surface area contributed by atoms with E-state index in [0.717, 1.165) is 9.99 Å². The lowest BCUT2D eigenvalue weighted by atomic mass is 10.0. The van der Waals surface area contributed by atoms with Gasteiger partial charge in [-0.25, -0.2) is 4.79 Å². The van der Waals surface area contributed by atoms with Crippen molar-refractivity contribution in [2.24, 2.45) is 5.92 Å². The number of aromatic amines is 1. The molecule has 0 unspecified atom stereocenters. The number of benzene rings is 1. The third-order valence-corrected chi connectivity index (χ3v) is 3.45. The van der Waals surface area contributed by atoms with Crippen LogP contribution in [0.4, 0.5) is 0 Å². The van der Waals surface area contributed by atoms with Gasteiger partial charge in [0.15, 0.2) is 5.69 Å². The van der Waals surface area contributed by atoms with Gasteiger partial charge in [0.05, 0.1) is 5.52 Å². The van der Waals surface area contributed by atoms with Crippen molar-refractivity contribution < 1.29 is 14.7 Å². The van der Waals surface area contributed by atoms with E-state index in [2.05, 4.69) is 31.4 Å². The predicted molar refractivity (Wildman–Crippen MR) is 77.5 cm³/mol. The van der Waals surface area contributed by atoms with Crippen LogP contribution in [0.1, 0.15) is 24.3 Å². The number of hydrogen-bond acceptors (Lipinski definition) is 3. The molecule has 3 N–H and O–H groups in total. The molecule has 0 radical (unpaired) electrons. The molecule has 2 rings (SSSR count). The van der Waals surface area contributed by atoms with Crippen molar-refractivity contribution in [3.05, 3.63) is 28.4 Å². The van der Waals surface area contributed by atoms with E-state index in [1.807, 2.05) is 6.07 Å². The molecule has 0 spiro atoms. The van der Waals surface area contributed by atoms with Gasteiger partial charge in [-0.3, -0.25) is 9.89 Å². The minimum Gasteiger partial charge on any atom is -0.480 e. The molecule has 2 aromatic rings. The monoisotopic (exact) mass is 339 g/mol. The summed E-state index contributed by atoms with van der Waals surface area (Å²) in [7, 11) is 0. The van der Waals surface area contributed by atoms with E-state index < -0.39 is 17.9 Å². The van der Waals surface area contributed by atoms with E-state index in [4.69, 9.17) is 5.11 Å². The highest BCUT2D eigenvalue weighted by Crippen LogP contribution is 2.21. The maximum Gasteiger partial charge on any atom is 0.326 e. The van der Waals surface area contributed by atoms with Crippen molar-refractivity contribution in [1.82, 2.24) is 15.5 Å². The molecule has 0 aliphatic heterocycles. The summed E-state index contributed by atoms with van der Waals surface area (Å²) in [6.07, 6.45) is 0. The number of hydrogen-bond donors (Lipinski definition) is 3. The predicted octanol–water partition coefficient (Wildman–Crippen LogP) is 2.16. The van der Waals surface area contributed by atoms with Crippen LogP contribution in [0.3, 0.4) is 0 Å². The third kappa shape index (κ3) is 2.82. The van der Waals surface area contributed by atoms with Crippen LogP contribution in [0, 0.1) is 5.92 Å². The fourth-order valence-corrected chi connectivity index (χ4v) is 2.24. The fraction of sp³-hybridized carbons (Fsp3) is 0.308. The lowest BCUT2D eigenvalue weighted by Crippen LogP contribution is -2.44. The highest BCUT2D eigenvalue weighted by Gasteiger charge is 2.25. The summed E-state index contributed by atoms with van der Waals surface area (Å²) in [5, 5.41) is 18.9. The van der Waals surface area contributed by atoms with Crippen molar-refractivity contribution in [2.45, 2.75) is 19.9 Å². The summed E-state index contributed by atoms with van der Waals surface area (Å²) in [4.78, 5) is 23.3. The van der Waals surface area contributed by atoms with Crippen molar-refractivity contribution in [2.75, 3.05) is 0 Å². The smallest absolute Gasteiger partial charge is 0.326 e. The minimum atomic E-state index is -1.06. The molecule has 0 fully saturated rings. The van der Waals surface area contributed by atoms with E-state index in [1.54, 1.807) is 26.0 Å². The van der Waals surface area contributed by atoms with Gasteiger partial charge in [-0.1, -0.05) is 29.8 Å². The number of nitrogens with zero attached hydrogens (tertiary/aromatic N) is 1. The number of carbonyl (C=O) groups is 2. The highest BCUT2D eigenvalue weighted by atomic mass is 79.9. The van der Waals surface area contributed by atoms with Gasteiger partial charge in [-0.05, 0) is 24.1 Å². The van der Waals surface area contributed by atoms with Crippen molar-refractivity contribution in [1.29, 1.82) is 0 Å². The van der Waals surface area contributed by atoms with Crippen molar-refractivity contribution in [3.63, 3.8) is 0 Å². The quantitative estimate of drug-likeness (QED) is 0.795. The van der Waals surface area contributed by atoms with E-state index in [-0.39, 0.29) is 11.6 Å². The number of aromatic nitrogens is 2. The summed E-state index contributed by atoms with van der Waals surface area (Å²) in [5.74, 6) is -1.78. The van der Waals surface area contributed by atoms with Crippen LogP contribution < -0.4 is 5.32 Å². The number of carbonyl (C=O) groups excluding carboxylic acids is 1. The maximum absolute atomic E-state index is 12.2. The molecule has 0 bridgehead atoms. The second-order valence-electron chi connectivity index (χ2n) is 4.80. The zero-order valence-corrected chi connectivity index (χ0v) is 12.6. The van der Waals surface area contributed by atoms with Gasteiger partial charge >= 0.3 is 5.97 Å². The lowest BCUT2D eigenvalue weighted by molar-refractivity contribution is -0.140. The zero-order chi connectivity index (χ0) is 14.9. The van der Waals surface area contributed by atoms with Gasteiger partial charge in [0, 0.05) is 9.86 Å². The Bertz CT molecular complexity index is 666. The number of rotatable bonds is 4. The highest BCUT2D eigenvalue weighted by molar-refractivity contribution is 9.10. The lowest BCUT2D eigenvalue weighted by Gasteiger charge is -2.17. The number of nitrogens with one attached hydrogen (secondary N) is 2. The Kier molecular flexibility index (Phi) is 4.08. The van der Waals surface area contributed by atoms with Gasteiger partial charge in [0.25, 0.3) is 5.91 Å². The van der Waals surface area contributed by atoms with Crippen LogP contribution in [0.5, 0.6) is 0 Å². The fourth-order valence-electron chi connectivity index (χ4n) is 1.88. The Morgan fingerprint density at radius 3 is 2.70 bits per heavy atom. The Morgan fingerprint density at radius 1 is 1.40 bits per heavy atom. The van der Waals surface area contributed by atoms with Crippen molar-refractivity contribution in [3.8, 4) is 0 Å². The third-order valence-electron chi connectivity index (χ3n) is 2.96. The molecular formula is C13H14BrN3O3. The average Bonchev–Trinajstić information content (AvgIpc) is 2.77. The summed E-state index contributed by atoms with van der Waals surface area (Å²) >= 11 is 3.33. The molecular weight excluding hydrogens is 326 g/mol. The average molecular weight is 340 g/mol. The second kappa shape index (κ2) is 5.62. The van der Waals surface area contributed by atoms with Gasteiger partial charge < -0.3 is 10.4 Å². The first-order chi connectivity index (χ1) is 9.40. The number of carboxylic acid groups (broad SMARTS) is 1. The molecule has 1 aromatic heterocycles. The Morgan fingerprint density at radius 2 is 2.10 bits per heavy atom. The Balaban J connectivity index is 2.32. The second-order valence-corrected chi connectivity index (χ2v) is 5.71. The summed E-state index contributed by atoms with van der Waals surface area (Å²) in [5.41, 5.74) is 0.906. The van der Waals surface area contributed by atoms with E-state index in [9.17, 15) is 9.59 Å². The van der Waals surface area contributed by atoms with E-state index in [0.29, 0.717) is 5.39 Å². The first-order valence-electron chi connectivity index (χ1n) is 6.07. The van der Waals surface area contributed by atoms with Crippen molar-refractivity contribution >= 4 is 38.7 Å². The summed E-state index contributed by atoms with van der Waals surface area (Å²) in [6.45, 7) is 3.47. The number of aliphatic carboxylic acids is 1. The van der Waals surface area contributed by atoms with Gasteiger partial charge in [0.2, 0.25) is 0 Å². The number of halogens is 1. The molecule has 6 nitrogen and oxygen atoms in total. The van der Waals surface area contributed by atoms with Gasteiger partial charge in [-0.2, -0.15) is 5.10 Å². The van der Waals surface area contributed by atoms with Crippen LogP contribution in [0.25, 0.3) is 10.9 Å². The first kappa shape index (κ1) is 14.5. The molecule has 1 heterocycles. The molecule has 1 atom stereocenters. The topological polar surface area (TPSA) is 95.1 Å². The first-order valence-corrected chi connectivity index (χ1v) is 6.86. The molecule has 20 heavy (non-hydrogen) atoms. The largest absolute Gasteiger partial charge is 0.480 e. The van der Waals surface area contributed by atoms with Gasteiger partial charge in [0.1, 0.15) is 6.04 Å². The maximum atomic E-state index is 12.2. The molecule has 0 aliphatic rings. The molecule has 7 heteroatoms. The molecule has 1 aromatic carbocycles. The normalized spacial score (nSPS) is 12.6. The molecule has 1 amide bonds. The minimum absolute atomic E-state index is 0.188. The molecule has 0 aliphatic carbocycles. The summed E-state index contributed by atoms with van der Waals surface area (Å²) in [6, 6.07) is 4.44. The molecule has 0 saturated heterocycles. The van der Waals surface area contributed by atoms with E-state index >= 15 is 0 Å². The number of fused-ring (bicyclic) bond motifs is 1. The Hall–Kier alpha value is -1.89. The SMILES string of the molecule is CC(C)[C@H](NC(=O)c1n[nH]c2ccc(Br)cc12)C(=O)O. The van der Waals surface area contributed by atoms with Crippen LogP contribution in [0.2, 0.25) is 0 Å². The Labute approximate surface area is 123 Å². The molecule has 0 saturated carbocycles. The molecule has 106 valence electrons. The van der Waals surface area contributed by atoms with Gasteiger partial charge in [-0.15, -0.1) is 0 Å².